The summed E-state index contributed by atoms with van der Waals surface area (Å²) in [6, 6.07) is 11.2. The number of nitrogens with zero attached hydrogens (tertiary/aromatic N) is 1. The van der Waals surface area contributed by atoms with Crippen LogP contribution in [0, 0.1) is 0 Å². The highest BCUT2D eigenvalue weighted by Gasteiger charge is 2.07. The lowest BCUT2D eigenvalue weighted by Crippen LogP contribution is -1.90. The Kier molecular flexibility index (Phi) is 3.14. The van der Waals surface area contributed by atoms with Crippen molar-refractivity contribution in [2.45, 2.75) is 6.92 Å². The number of furan rings is 1. The van der Waals surface area contributed by atoms with E-state index in [0.717, 1.165) is 11.3 Å². The molecule has 0 unspecified atom stereocenters. The molecule has 0 aliphatic rings. The molecule has 0 bridgehead atoms. The van der Waals surface area contributed by atoms with E-state index in [9.17, 15) is 0 Å². The van der Waals surface area contributed by atoms with E-state index < -0.39 is 0 Å². The highest BCUT2D eigenvalue weighted by atomic mass is 16.5. The largest absolute Gasteiger partial charge is 0.497 e. The standard InChI is InChI=1S/C13H13NO3/c1-9(14-15)12-6-7-13(17-12)10-4-3-5-11(8-10)16-2/h3-8,15H,1-2H3/b14-9+. The van der Waals surface area contributed by atoms with Crippen LogP contribution in [0.3, 0.4) is 0 Å². The van der Waals surface area contributed by atoms with Gasteiger partial charge in [0, 0.05) is 5.56 Å². The van der Waals surface area contributed by atoms with Crippen LogP contribution >= 0.6 is 0 Å². The highest BCUT2D eigenvalue weighted by Crippen LogP contribution is 2.25. The van der Waals surface area contributed by atoms with Crippen molar-refractivity contribution >= 4 is 5.71 Å². The zero-order valence-electron chi connectivity index (χ0n) is 9.68. The summed E-state index contributed by atoms with van der Waals surface area (Å²) in [4.78, 5) is 0. The fraction of sp³-hybridized carbons (Fsp3) is 0.154. The Morgan fingerprint density at radius 1 is 1.29 bits per heavy atom. The van der Waals surface area contributed by atoms with Crippen molar-refractivity contribution in [2.75, 3.05) is 7.11 Å². The van der Waals surface area contributed by atoms with Gasteiger partial charge < -0.3 is 14.4 Å². The normalized spacial score (nSPS) is 11.5. The zero-order valence-corrected chi connectivity index (χ0v) is 9.68. The van der Waals surface area contributed by atoms with Gasteiger partial charge in [0.15, 0.2) is 5.76 Å². The third kappa shape index (κ3) is 2.30. The van der Waals surface area contributed by atoms with Crippen molar-refractivity contribution < 1.29 is 14.4 Å². The molecule has 0 radical (unpaired) electrons. The Morgan fingerprint density at radius 3 is 2.82 bits per heavy atom. The second-order valence-corrected chi connectivity index (χ2v) is 3.58. The van der Waals surface area contributed by atoms with Crippen LogP contribution in [0.15, 0.2) is 46.0 Å². The fourth-order valence-corrected chi connectivity index (χ4v) is 1.51. The number of rotatable bonds is 3. The molecule has 1 aromatic carbocycles. The van der Waals surface area contributed by atoms with Crippen LogP contribution in [-0.2, 0) is 0 Å². The van der Waals surface area contributed by atoms with E-state index in [-0.39, 0.29) is 0 Å². The molecule has 0 fully saturated rings. The third-order valence-electron chi connectivity index (χ3n) is 2.47. The first-order chi connectivity index (χ1) is 8.24. The maximum atomic E-state index is 8.66. The van der Waals surface area contributed by atoms with Crippen molar-refractivity contribution in [3.05, 3.63) is 42.2 Å². The van der Waals surface area contributed by atoms with Gasteiger partial charge in [-0.3, -0.25) is 0 Å². The van der Waals surface area contributed by atoms with Crippen LogP contribution in [0.25, 0.3) is 11.3 Å². The molecule has 4 heteroatoms. The van der Waals surface area contributed by atoms with Crippen LogP contribution < -0.4 is 4.74 Å². The molecule has 1 aromatic heterocycles. The van der Waals surface area contributed by atoms with Gasteiger partial charge in [0.25, 0.3) is 0 Å². The molecule has 4 nitrogen and oxygen atoms in total. The van der Waals surface area contributed by atoms with Gasteiger partial charge in [-0.25, -0.2) is 0 Å². The smallest absolute Gasteiger partial charge is 0.152 e. The lowest BCUT2D eigenvalue weighted by atomic mass is 10.1. The SMILES string of the molecule is COc1cccc(-c2ccc(/C(C)=N/O)o2)c1. The second-order valence-electron chi connectivity index (χ2n) is 3.58. The molecular formula is C13H13NO3. The second kappa shape index (κ2) is 4.74. The van der Waals surface area contributed by atoms with Gasteiger partial charge in [0.05, 0.1) is 7.11 Å². The number of hydrogen-bond donors (Lipinski definition) is 1. The van der Waals surface area contributed by atoms with Crippen LogP contribution in [0.1, 0.15) is 12.7 Å². The Hall–Kier alpha value is -2.23. The molecule has 1 heterocycles. The average Bonchev–Trinajstić information content (AvgIpc) is 2.87. The minimum Gasteiger partial charge on any atom is -0.497 e. The van der Waals surface area contributed by atoms with Crippen molar-refractivity contribution in [1.29, 1.82) is 0 Å². The molecule has 2 aromatic rings. The van der Waals surface area contributed by atoms with Crippen molar-refractivity contribution in [3.63, 3.8) is 0 Å². The number of methoxy groups -OCH3 is 1. The predicted octanol–water partition coefficient (Wildman–Crippen LogP) is 3.15. The molecule has 1 N–H and O–H groups in total. The van der Waals surface area contributed by atoms with Gasteiger partial charge in [0.1, 0.15) is 17.2 Å². The summed E-state index contributed by atoms with van der Waals surface area (Å²) < 4.78 is 10.7. The number of hydrogen-bond acceptors (Lipinski definition) is 4. The van der Waals surface area contributed by atoms with E-state index in [4.69, 9.17) is 14.4 Å². The van der Waals surface area contributed by atoms with E-state index in [2.05, 4.69) is 5.16 Å². The van der Waals surface area contributed by atoms with Crippen molar-refractivity contribution in [3.8, 4) is 17.1 Å². The molecule has 0 aliphatic carbocycles. The number of benzene rings is 1. The maximum Gasteiger partial charge on any atom is 0.152 e. The molecule has 88 valence electrons. The highest BCUT2D eigenvalue weighted by molar-refractivity contribution is 5.96. The van der Waals surface area contributed by atoms with E-state index in [1.54, 1.807) is 20.1 Å². The first-order valence-corrected chi connectivity index (χ1v) is 5.18. The average molecular weight is 231 g/mol. The topological polar surface area (TPSA) is 55.0 Å². The van der Waals surface area contributed by atoms with Gasteiger partial charge in [-0.15, -0.1) is 0 Å². The minimum absolute atomic E-state index is 0.444. The first kappa shape index (κ1) is 11.3. The van der Waals surface area contributed by atoms with Gasteiger partial charge in [0.2, 0.25) is 0 Å². The molecule has 0 saturated heterocycles. The summed E-state index contributed by atoms with van der Waals surface area (Å²) in [5.74, 6) is 2.03. The van der Waals surface area contributed by atoms with E-state index in [1.807, 2.05) is 30.3 Å². The lowest BCUT2D eigenvalue weighted by Gasteiger charge is -2.01. The molecule has 0 spiro atoms. The maximum absolute atomic E-state index is 8.66. The predicted molar refractivity (Wildman–Crippen MR) is 64.7 cm³/mol. The number of ether oxygens (including phenoxy) is 1. The van der Waals surface area contributed by atoms with Crippen LogP contribution in [0.5, 0.6) is 5.75 Å². The van der Waals surface area contributed by atoms with Gasteiger partial charge in [-0.05, 0) is 31.2 Å². The first-order valence-electron chi connectivity index (χ1n) is 5.18. The van der Waals surface area contributed by atoms with Crippen LogP contribution in [0.4, 0.5) is 0 Å². The zero-order chi connectivity index (χ0) is 12.3. The quantitative estimate of drug-likeness (QED) is 0.501. The van der Waals surface area contributed by atoms with Crippen molar-refractivity contribution in [2.24, 2.45) is 5.16 Å². The Balaban J connectivity index is 2.36. The number of oxime groups is 1. The minimum atomic E-state index is 0.444. The monoisotopic (exact) mass is 231 g/mol. The van der Waals surface area contributed by atoms with Gasteiger partial charge in [-0.1, -0.05) is 17.3 Å². The third-order valence-corrected chi connectivity index (χ3v) is 2.47. The molecule has 17 heavy (non-hydrogen) atoms. The fourth-order valence-electron chi connectivity index (χ4n) is 1.51. The summed E-state index contributed by atoms with van der Waals surface area (Å²) in [6.45, 7) is 1.67. The van der Waals surface area contributed by atoms with Crippen molar-refractivity contribution in [1.82, 2.24) is 0 Å². The van der Waals surface area contributed by atoms with E-state index >= 15 is 0 Å². The lowest BCUT2D eigenvalue weighted by molar-refractivity contribution is 0.317. The summed E-state index contributed by atoms with van der Waals surface area (Å²) in [5, 5.41) is 11.8. The molecule has 0 amide bonds. The Morgan fingerprint density at radius 2 is 2.12 bits per heavy atom. The molecule has 2 rings (SSSR count). The summed E-state index contributed by atoms with van der Waals surface area (Å²) in [7, 11) is 1.62. The van der Waals surface area contributed by atoms with E-state index in [0.29, 0.717) is 17.2 Å². The Bertz CT molecular complexity index is 543. The molecule has 0 atom stereocenters. The summed E-state index contributed by atoms with van der Waals surface area (Å²) in [6.07, 6.45) is 0. The molecule has 0 aliphatic heterocycles. The molecule has 0 saturated carbocycles. The van der Waals surface area contributed by atoms with Gasteiger partial charge in [-0.2, -0.15) is 0 Å². The summed E-state index contributed by atoms with van der Waals surface area (Å²) in [5.41, 5.74) is 1.36. The molecular weight excluding hydrogens is 218 g/mol. The Labute approximate surface area is 99.1 Å². The van der Waals surface area contributed by atoms with E-state index in [1.165, 1.54) is 0 Å². The summed E-state index contributed by atoms with van der Waals surface area (Å²) >= 11 is 0. The van der Waals surface area contributed by atoms with Crippen LogP contribution in [-0.4, -0.2) is 18.0 Å². The van der Waals surface area contributed by atoms with Gasteiger partial charge >= 0.3 is 0 Å². The van der Waals surface area contributed by atoms with Crippen LogP contribution in [0.2, 0.25) is 0 Å².